The number of carboxylic acids is 1. The number of anilines is 1. The molecule has 0 heterocycles. The largest absolute Gasteiger partial charge is 0.495 e. The second-order valence-electron chi connectivity index (χ2n) is 5.05. The number of nitriles is 1. The number of amides is 1. The van der Waals surface area contributed by atoms with Crippen molar-refractivity contribution in [1.29, 1.82) is 5.26 Å². The van der Waals surface area contributed by atoms with Crippen LogP contribution in [0.3, 0.4) is 0 Å². The lowest BCUT2D eigenvalue weighted by Crippen LogP contribution is -2.38. The van der Waals surface area contributed by atoms with E-state index in [1.807, 2.05) is 0 Å². The van der Waals surface area contributed by atoms with Crippen molar-refractivity contribution in [1.82, 2.24) is 5.32 Å². The first-order valence-corrected chi connectivity index (χ1v) is 6.94. The van der Waals surface area contributed by atoms with Gasteiger partial charge in [-0.3, -0.25) is 4.79 Å². The van der Waals surface area contributed by atoms with Crippen LogP contribution in [0.15, 0.2) is 36.0 Å². The molecule has 1 atom stereocenters. The van der Waals surface area contributed by atoms with Crippen molar-refractivity contribution >= 4 is 17.6 Å². The van der Waals surface area contributed by atoms with E-state index in [9.17, 15) is 9.59 Å². The van der Waals surface area contributed by atoms with Gasteiger partial charge in [-0.2, -0.15) is 5.26 Å². The topological polar surface area (TPSA) is 111 Å². The second kappa shape index (κ2) is 8.44. The molecule has 0 fully saturated rings. The lowest BCUT2D eigenvalue weighted by Gasteiger charge is -2.16. The van der Waals surface area contributed by atoms with Gasteiger partial charge in [0.2, 0.25) is 0 Å². The number of hydrogen-bond acceptors (Lipinski definition) is 5. The molecule has 1 amide bonds. The third-order valence-electron chi connectivity index (χ3n) is 3.06. The van der Waals surface area contributed by atoms with E-state index in [2.05, 4.69) is 10.6 Å². The number of methoxy groups -OCH3 is 1. The number of nitrogens with zero attached hydrogens (tertiary/aromatic N) is 1. The summed E-state index contributed by atoms with van der Waals surface area (Å²) in [6, 6.07) is 7.62. The van der Waals surface area contributed by atoms with E-state index < -0.39 is 17.9 Å². The van der Waals surface area contributed by atoms with Gasteiger partial charge in [-0.15, -0.1) is 0 Å². The number of carbonyl (C=O) groups is 2. The van der Waals surface area contributed by atoms with Gasteiger partial charge in [0.1, 0.15) is 23.4 Å². The Balaban J connectivity index is 2.89. The molecule has 0 saturated carbocycles. The van der Waals surface area contributed by atoms with Crippen molar-refractivity contribution in [3.8, 4) is 11.8 Å². The molecular weight excluding hydrogens is 298 g/mol. The Labute approximate surface area is 134 Å². The summed E-state index contributed by atoms with van der Waals surface area (Å²) in [6.45, 7) is 3.45. The molecule has 7 heteroatoms. The smallest absolute Gasteiger partial charge is 0.326 e. The quantitative estimate of drug-likeness (QED) is 0.522. The molecule has 0 aromatic heterocycles. The zero-order valence-corrected chi connectivity index (χ0v) is 13.2. The Kier molecular flexibility index (Phi) is 6.62. The van der Waals surface area contributed by atoms with Crippen LogP contribution in [0.2, 0.25) is 0 Å². The van der Waals surface area contributed by atoms with Gasteiger partial charge in [0.15, 0.2) is 0 Å². The van der Waals surface area contributed by atoms with Crippen LogP contribution in [-0.2, 0) is 9.59 Å². The Morgan fingerprint density at radius 3 is 2.52 bits per heavy atom. The maximum atomic E-state index is 12.1. The van der Waals surface area contributed by atoms with Crippen LogP contribution in [0, 0.1) is 17.2 Å². The highest BCUT2D eigenvalue weighted by atomic mass is 16.5. The summed E-state index contributed by atoms with van der Waals surface area (Å²) in [7, 11) is 1.47. The summed E-state index contributed by atoms with van der Waals surface area (Å²) in [5.74, 6) is -1.46. The van der Waals surface area contributed by atoms with Crippen LogP contribution >= 0.6 is 0 Å². The van der Waals surface area contributed by atoms with Crippen molar-refractivity contribution in [2.24, 2.45) is 5.92 Å². The van der Waals surface area contributed by atoms with Crippen LogP contribution in [0.4, 0.5) is 5.69 Å². The van der Waals surface area contributed by atoms with E-state index in [1.54, 1.807) is 44.2 Å². The zero-order valence-electron chi connectivity index (χ0n) is 13.2. The highest BCUT2D eigenvalue weighted by Crippen LogP contribution is 2.23. The minimum absolute atomic E-state index is 0.207. The molecule has 1 aromatic carbocycles. The monoisotopic (exact) mass is 317 g/mol. The van der Waals surface area contributed by atoms with Gasteiger partial charge in [0.25, 0.3) is 5.91 Å². The fourth-order valence-electron chi connectivity index (χ4n) is 1.81. The molecule has 1 rings (SSSR count). The standard InChI is InChI=1S/C16H19N3O4/c1-10(2)14(16(21)22)18-9-11(8-17)15(20)19-12-6-4-5-7-13(12)23-3/h4-7,9-10,14,18H,1-3H3,(H,19,20)(H,21,22)/b11-9-. The normalized spacial score (nSPS) is 12.2. The fourth-order valence-corrected chi connectivity index (χ4v) is 1.81. The third-order valence-corrected chi connectivity index (χ3v) is 3.06. The molecule has 0 aliphatic carbocycles. The number of benzene rings is 1. The van der Waals surface area contributed by atoms with E-state index >= 15 is 0 Å². The van der Waals surface area contributed by atoms with Crippen molar-refractivity contribution in [2.45, 2.75) is 19.9 Å². The predicted octanol–water partition coefficient (Wildman–Crippen LogP) is 1.74. The van der Waals surface area contributed by atoms with Crippen LogP contribution in [-0.4, -0.2) is 30.1 Å². The van der Waals surface area contributed by atoms with Crippen molar-refractivity contribution in [3.05, 3.63) is 36.0 Å². The van der Waals surface area contributed by atoms with E-state index in [-0.39, 0.29) is 11.5 Å². The van der Waals surface area contributed by atoms with Crippen molar-refractivity contribution in [2.75, 3.05) is 12.4 Å². The first-order valence-electron chi connectivity index (χ1n) is 6.94. The van der Waals surface area contributed by atoms with Crippen LogP contribution in [0.1, 0.15) is 13.8 Å². The van der Waals surface area contributed by atoms with Gasteiger partial charge in [-0.1, -0.05) is 26.0 Å². The summed E-state index contributed by atoms with van der Waals surface area (Å²) >= 11 is 0. The van der Waals surface area contributed by atoms with Crippen LogP contribution in [0.5, 0.6) is 5.75 Å². The Morgan fingerprint density at radius 1 is 1.35 bits per heavy atom. The van der Waals surface area contributed by atoms with Gasteiger partial charge in [0, 0.05) is 6.20 Å². The summed E-state index contributed by atoms with van der Waals surface area (Å²) in [5.41, 5.74) is 0.183. The highest BCUT2D eigenvalue weighted by molar-refractivity contribution is 6.07. The minimum atomic E-state index is -1.06. The molecule has 3 N–H and O–H groups in total. The molecule has 0 aliphatic heterocycles. The average molecular weight is 317 g/mol. The predicted molar refractivity (Wildman–Crippen MR) is 84.7 cm³/mol. The minimum Gasteiger partial charge on any atom is -0.495 e. The third kappa shape index (κ3) is 5.04. The number of aliphatic carboxylic acids is 1. The van der Waals surface area contributed by atoms with Crippen LogP contribution < -0.4 is 15.4 Å². The molecule has 0 aliphatic rings. The van der Waals surface area contributed by atoms with Gasteiger partial charge < -0.3 is 20.5 Å². The number of nitrogens with one attached hydrogen (secondary N) is 2. The second-order valence-corrected chi connectivity index (χ2v) is 5.05. The molecule has 0 radical (unpaired) electrons. The summed E-state index contributed by atoms with van der Waals surface area (Å²) in [4.78, 5) is 23.2. The lowest BCUT2D eigenvalue weighted by molar-refractivity contribution is -0.140. The van der Waals surface area contributed by atoms with E-state index in [4.69, 9.17) is 15.1 Å². The molecule has 0 bridgehead atoms. The fraction of sp³-hybridized carbons (Fsp3) is 0.312. The number of carboxylic acid groups (broad SMARTS) is 1. The highest BCUT2D eigenvalue weighted by Gasteiger charge is 2.20. The molecule has 23 heavy (non-hydrogen) atoms. The average Bonchev–Trinajstić information content (AvgIpc) is 2.51. The summed E-state index contributed by atoms with van der Waals surface area (Å²) < 4.78 is 5.11. The molecule has 0 spiro atoms. The van der Waals surface area contributed by atoms with E-state index in [1.165, 1.54) is 7.11 Å². The molecule has 1 unspecified atom stereocenters. The number of para-hydroxylation sites is 2. The molecule has 7 nitrogen and oxygen atoms in total. The number of hydrogen-bond donors (Lipinski definition) is 3. The number of rotatable bonds is 7. The first-order chi connectivity index (χ1) is 10.9. The SMILES string of the molecule is COc1ccccc1NC(=O)/C(C#N)=C\NC(C(=O)O)C(C)C. The molecular formula is C16H19N3O4. The van der Waals surface area contributed by atoms with Gasteiger partial charge in [-0.05, 0) is 18.1 Å². The lowest BCUT2D eigenvalue weighted by atomic mass is 10.1. The van der Waals surface area contributed by atoms with Crippen molar-refractivity contribution in [3.63, 3.8) is 0 Å². The molecule has 1 aromatic rings. The number of ether oxygens (including phenoxy) is 1. The Bertz CT molecular complexity index is 647. The first kappa shape index (κ1) is 18.0. The number of carbonyl (C=O) groups excluding carboxylic acids is 1. The van der Waals surface area contributed by atoms with Crippen molar-refractivity contribution < 1.29 is 19.4 Å². The zero-order chi connectivity index (χ0) is 17.4. The summed E-state index contributed by atoms with van der Waals surface area (Å²) in [5, 5.41) is 23.3. The van der Waals surface area contributed by atoms with Crippen LogP contribution in [0.25, 0.3) is 0 Å². The van der Waals surface area contributed by atoms with E-state index in [0.717, 1.165) is 6.20 Å². The van der Waals surface area contributed by atoms with Gasteiger partial charge >= 0.3 is 5.97 Å². The maximum absolute atomic E-state index is 12.1. The van der Waals surface area contributed by atoms with Gasteiger partial charge in [-0.25, -0.2) is 4.79 Å². The Hall–Kier alpha value is -3.01. The molecule has 122 valence electrons. The maximum Gasteiger partial charge on any atom is 0.326 e. The summed E-state index contributed by atoms with van der Waals surface area (Å²) in [6.07, 6.45) is 1.11. The van der Waals surface area contributed by atoms with Gasteiger partial charge in [0.05, 0.1) is 12.8 Å². The van der Waals surface area contributed by atoms with E-state index in [0.29, 0.717) is 11.4 Å². The Morgan fingerprint density at radius 2 is 2.00 bits per heavy atom. The molecule has 0 saturated heterocycles.